The van der Waals surface area contributed by atoms with Gasteiger partial charge in [-0.2, -0.15) is 11.8 Å². The summed E-state index contributed by atoms with van der Waals surface area (Å²) in [6.45, 7) is 2.24. The van der Waals surface area contributed by atoms with Crippen molar-refractivity contribution in [3.63, 3.8) is 0 Å². The lowest BCUT2D eigenvalue weighted by Gasteiger charge is -2.13. The largest absolute Gasteiger partial charge is 0.351 e. The second-order valence-corrected chi connectivity index (χ2v) is 10.6. The first-order valence-corrected chi connectivity index (χ1v) is 13.1. The summed E-state index contributed by atoms with van der Waals surface area (Å²) in [5, 5.41) is 3.55. The molecule has 0 aliphatic heterocycles. The molecule has 0 saturated carbocycles. The van der Waals surface area contributed by atoms with Crippen molar-refractivity contribution in [1.82, 2.24) is 5.32 Å². The highest BCUT2D eigenvalue weighted by atomic mass is 35.5. The summed E-state index contributed by atoms with van der Waals surface area (Å²) in [7, 11) is -3.96. The molecule has 32 heavy (non-hydrogen) atoms. The van der Waals surface area contributed by atoms with E-state index in [4.69, 9.17) is 23.2 Å². The van der Waals surface area contributed by atoms with E-state index in [1.165, 1.54) is 18.2 Å². The van der Waals surface area contributed by atoms with Gasteiger partial charge in [-0.1, -0.05) is 53.5 Å². The van der Waals surface area contributed by atoms with Crippen LogP contribution in [0.1, 0.15) is 21.5 Å². The average molecular weight is 509 g/mol. The number of para-hydroxylation sites is 1. The van der Waals surface area contributed by atoms with Crippen molar-refractivity contribution in [3.05, 3.63) is 93.5 Å². The molecule has 0 heterocycles. The quantitative estimate of drug-likeness (QED) is 0.360. The Hall–Kier alpha value is -2.19. The molecule has 168 valence electrons. The highest BCUT2D eigenvalue weighted by Crippen LogP contribution is 2.26. The number of sulfonamides is 1. The number of aryl methyl sites for hydroxylation is 1. The number of carbonyl (C=O) groups excluding carboxylic acids is 1. The van der Waals surface area contributed by atoms with Gasteiger partial charge in [-0.05, 0) is 54.4 Å². The van der Waals surface area contributed by atoms with Gasteiger partial charge in [0.05, 0.1) is 10.7 Å². The first-order chi connectivity index (χ1) is 15.3. The number of nitrogens with one attached hydrogen (secondary N) is 2. The van der Waals surface area contributed by atoms with Crippen LogP contribution in [0.2, 0.25) is 10.0 Å². The summed E-state index contributed by atoms with van der Waals surface area (Å²) in [5.41, 5.74) is 2.56. The van der Waals surface area contributed by atoms with Crippen molar-refractivity contribution in [2.24, 2.45) is 0 Å². The van der Waals surface area contributed by atoms with Crippen molar-refractivity contribution in [2.45, 2.75) is 17.6 Å². The van der Waals surface area contributed by atoms with Gasteiger partial charge < -0.3 is 5.32 Å². The van der Waals surface area contributed by atoms with Gasteiger partial charge in [0.25, 0.3) is 15.9 Å². The van der Waals surface area contributed by atoms with E-state index in [0.717, 1.165) is 16.9 Å². The van der Waals surface area contributed by atoms with Gasteiger partial charge in [-0.3, -0.25) is 9.52 Å². The predicted octanol–water partition coefficient (Wildman–Crippen LogP) is 5.77. The Morgan fingerprint density at radius 3 is 2.53 bits per heavy atom. The summed E-state index contributed by atoms with van der Waals surface area (Å²) in [6.07, 6.45) is 0. The van der Waals surface area contributed by atoms with E-state index < -0.39 is 10.0 Å². The van der Waals surface area contributed by atoms with Crippen LogP contribution in [0.15, 0.2) is 71.6 Å². The zero-order chi connectivity index (χ0) is 23.1. The van der Waals surface area contributed by atoms with Crippen LogP contribution in [0, 0.1) is 6.92 Å². The Kier molecular flexibility index (Phi) is 8.48. The second-order valence-electron chi connectivity index (χ2n) is 7.00. The summed E-state index contributed by atoms with van der Waals surface area (Å²) in [5.74, 6) is 1.12. The molecule has 3 rings (SSSR count). The van der Waals surface area contributed by atoms with Crippen molar-refractivity contribution in [3.8, 4) is 0 Å². The lowest BCUT2D eigenvalue weighted by molar-refractivity contribution is 0.0956. The molecule has 3 aromatic rings. The highest BCUT2D eigenvalue weighted by Gasteiger charge is 2.21. The number of hydrogen-bond donors (Lipinski definition) is 2. The predicted molar refractivity (Wildman–Crippen MR) is 133 cm³/mol. The number of hydrogen-bond acceptors (Lipinski definition) is 4. The van der Waals surface area contributed by atoms with E-state index in [2.05, 4.69) is 10.0 Å². The number of anilines is 1. The third-order valence-corrected chi connectivity index (χ3v) is 7.67. The minimum atomic E-state index is -3.96. The number of benzene rings is 3. The Balaban J connectivity index is 1.60. The van der Waals surface area contributed by atoms with Crippen LogP contribution >= 0.6 is 35.0 Å². The zero-order valence-electron chi connectivity index (χ0n) is 17.3. The molecule has 0 aromatic heterocycles. The van der Waals surface area contributed by atoms with Crippen LogP contribution in [-0.2, 0) is 15.8 Å². The van der Waals surface area contributed by atoms with E-state index >= 15 is 0 Å². The molecule has 9 heteroatoms. The summed E-state index contributed by atoms with van der Waals surface area (Å²) >= 11 is 13.8. The number of halogens is 2. The van der Waals surface area contributed by atoms with Gasteiger partial charge in [-0.25, -0.2) is 8.42 Å². The van der Waals surface area contributed by atoms with Crippen molar-refractivity contribution >= 4 is 56.6 Å². The minimum Gasteiger partial charge on any atom is -0.351 e. The minimum absolute atomic E-state index is 0.0414. The standard InChI is InChI=1S/C23H22Cl2N2O3S2/c1-16-5-2-3-8-21(16)27-32(29,30)22-14-18(9-10-20(22)25)23(28)26-11-12-31-15-17-6-4-7-19(24)13-17/h2-10,13-14,27H,11-12,15H2,1H3,(H,26,28). The number of thioether (sulfide) groups is 1. The Bertz CT molecular complexity index is 1220. The van der Waals surface area contributed by atoms with Crippen LogP contribution < -0.4 is 10.0 Å². The van der Waals surface area contributed by atoms with Gasteiger partial charge >= 0.3 is 0 Å². The maximum absolute atomic E-state index is 12.9. The lowest BCUT2D eigenvalue weighted by Crippen LogP contribution is -2.26. The molecule has 2 N–H and O–H groups in total. The molecule has 0 aliphatic rings. The van der Waals surface area contributed by atoms with Gasteiger partial charge in [0.15, 0.2) is 0 Å². The summed E-state index contributed by atoms with van der Waals surface area (Å²) in [6, 6.07) is 18.9. The van der Waals surface area contributed by atoms with Crippen molar-refractivity contribution < 1.29 is 13.2 Å². The number of amides is 1. The zero-order valence-corrected chi connectivity index (χ0v) is 20.4. The summed E-state index contributed by atoms with van der Waals surface area (Å²) in [4.78, 5) is 12.4. The molecule has 0 bridgehead atoms. The molecular weight excluding hydrogens is 487 g/mol. The van der Waals surface area contributed by atoms with Crippen molar-refractivity contribution in [1.29, 1.82) is 0 Å². The van der Waals surface area contributed by atoms with Crippen LogP contribution in [0.4, 0.5) is 5.69 Å². The van der Waals surface area contributed by atoms with E-state index in [0.29, 0.717) is 23.0 Å². The monoisotopic (exact) mass is 508 g/mol. The molecule has 0 spiro atoms. The van der Waals surface area contributed by atoms with Crippen LogP contribution in [0.3, 0.4) is 0 Å². The third kappa shape index (κ3) is 6.65. The lowest BCUT2D eigenvalue weighted by atomic mass is 10.2. The smallest absolute Gasteiger partial charge is 0.263 e. The molecule has 0 saturated heterocycles. The van der Waals surface area contributed by atoms with Crippen LogP contribution in [0.25, 0.3) is 0 Å². The van der Waals surface area contributed by atoms with E-state index in [-0.39, 0.29) is 21.4 Å². The number of rotatable bonds is 9. The molecule has 1 amide bonds. The number of carbonyl (C=O) groups is 1. The first kappa shape index (κ1) is 24.5. The molecule has 0 aliphatic carbocycles. The molecule has 0 radical (unpaired) electrons. The fourth-order valence-corrected chi connectivity index (χ4v) is 5.57. The topological polar surface area (TPSA) is 75.3 Å². The van der Waals surface area contributed by atoms with E-state index in [1.54, 1.807) is 36.9 Å². The summed E-state index contributed by atoms with van der Waals surface area (Å²) < 4.78 is 28.3. The molecule has 0 unspecified atom stereocenters. The Labute approximate surface area is 202 Å². The van der Waals surface area contributed by atoms with Crippen LogP contribution in [0.5, 0.6) is 0 Å². The fourth-order valence-electron chi connectivity index (χ4n) is 2.89. The van der Waals surface area contributed by atoms with Gasteiger partial charge in [0, 0.05) is 28.6 Å². The van der Waals surface area contributed by atoms with E-state index in [9.17, 15) is 13.2 Å². The maximum atomic E-state index is 12.9. The SMILES string of the molecule is Cc1ccccc1NS(=O)(=O)c1cc(C(=O)NCCSCc2cccc(Cl)c2)ccc1Cl. The Morgan fingerprint density at radius 2 is 1.78 bits per heavy atom. The van der Waals surface area contributed by atoms with E-state index in [1.807, 2.05) is 30.3 Å². The molecule has 0 fully saturated rings. The third-order valence-electron chi connectivity index (χ3n) is 4.56. The van der Waals surface area contributed by atoms with Crippen molar-refractivity contribution in [2.75, 3.05) is 17.0 Å². The second kappa shape index (κ2) is 11.1. The fraction of sp³-hybridized carbons (Fsp3) is 0.174. The maximum Gasteiger partial charge on any atom is 0.263 e. The molecule has 5 nitrogen and oxygen atoms in total. The van der Waals surface area contributed by atoms with Gasteiger partial charge in [0.2, 0.25) is 0 Å². The molecule has 3 aromatic carbocycles. The first-order valence-electron chi connectivity index (χ1n) is 9.74. The Morgan fingerprint density at radius 1 is 1.00 bits per heavy atom. The average Bonchev–Trinajstić information content (AvgIpc) is 2.75. The molecular formula is C23H22Cl2N2O3S2. The highest BCUT2D eigenvalue weighted by molar-refractivity contribution is 7.98. The van der Waals surface area contributed by atoms with Gasteiger partial charge in [-0.15, -0.1) is 0 Å². The van der Waals surface area contributed by atoms with Gasteiger partial charge in [0.1, 0.15) is 4.90 Å². The van der Waals surface area contributed by atoms with Crippen LogP contribution in [-0.4, -0.2) is 26.6 Å². The normalized spacial score (nSPS) is 11.2. The molecule has 0 atom stereocenters.